The van der Waals surface area contributed by atoms with Gasteiger partial charge in [-0.1, -0.05) is 23.9 Å². The molecule has 150 valence electrons. The molecule has 2 aromatic carbocycles. The van der Waals surface area contributed by atoms with Crippen LogP contribution in [0.1, 0.15) is 6.92 Å². The monoisotopic (exact) mass is 427 g/mol. The fourth-order valence-corrected chi connectivity index (χ4v) is 5.56. The largest absolute Gasteiger partial charge is 0.497 e. The molecular weight excluding hydrogens is 406 g/mol. The van der Waals surface area contributed by atoms with E-state index in [-0.39, 0.29) is 5.91 Å². The number of carbonyl (C=O) groups is 1. The quantitative estimate of drug-likeness (QED) is 0.660. The molecule has 29 heavy (non-hydrogen) atoms. The molecule has 4 rings (SSSR count). The second kappa shape index (κ2) is 8.04. The summed E-state index contributed by atoms with van der Waals surface area (Å²) in [5.41, 5.74) is 1.74. The summed E-state index contributed by atoms with van der Waals surface area (Å²) in [4.78, 5) is 23.4. The van der Waals surface area contributed by atoms with Crippen molar-refractivity contribution < 1.29 is 14.3 Å². The molecule has 2 heterocycles. The Hall–Kier alpha value is -2.58. The highest BCUT2D eigenvalue weighted by Crippen LogP contribution is 2.51. The number of hydrogen-bond donors (Lipinski definition) is 0. The van der Waals surface area contributed by atoms with Crippen molar-refractivity contribution in [3.63, 3.8) is 0 Å². The number of rotatable bonds is 4. The first-order chi connectivity index (χ1) is 14.1. The fraction of sp³-hybridized carbons (Fsp3) is 0.238. The van der Waals surface area contributed by atoms with E-state index in [4.69, 9.17) is 14.5 Å². The van der Waals surface area contributed by atoms with Gasteiger partial charge in [-0.2, -0.15) is 0 Å². The molecule has 1 amide bonds. The zero-order chi connectivity index (χ0) is 20.5. The lowest BCUT2D eigenvalue weighted by Crippen LogP contribution is -2.29. The van der Waals surface area contributed by atoms with Gasteiger partial charge in [-0.05, 0) is 43.0 Å². The van der Waals surface area contributed by atoms with Crippen molar-refractivity contribution in [1.29, 1.82) is 0 Å². The van der Waals surface area contributed by atoms with Gasteiger partial charge in [-0.25, -0.2) is 4.99 Å². The van der Waals surface area contributed by atoms with Crippen molar-refractivity contribution in [1.82, 2.24) is 4.90 Å². The number of fused-ring (bicyclic) bond motifs is 1. The Balaban J connectivity index is 1.73. The number of ether oxygens (including phenoxy) is 2. The Labute approximate surface area is 178 Å². The van der Waals surface area contributed by atoms with Crippen LogP contribution in [0.3, 0.4) is 0 Å². The highest BCUT2D eigenvalue weighted by molar-refractivity contribution is 8.19. The lowest BCUT2D eigenvalue weighted by atomic mass is 10.3. The minimum Gasteiger partial charge on any atom is -0.497 e. The lowest BCUT2D eigenvalue weighted by molar-refractivity contribution is -0.122. The van der Waals surface area contributed by atoms with Gasteiger partial charge in [0, 0.05) is 24.6 Å². The SMILES string of the molecule is CCN1C(=O)/C(=C2/Sc3ccc(OC)cc3N2C)SC1=Nc1ccccc1OC. The van der Waals surface area contributed by atoms with Crippen LogP contribution in [0.25, 0.3) is 0 Å². The van der Waals surface area contributed by atoms with Gasteiger partial charge in [0.15, 0.2) is 5.17 Å². The predicted octanol–water partition coefficient (Wildman–Crippen LogP) is 4.70. The number of amidine groups is 1. The Morgan fingerprint density at radius 1 is 1.07 bits per heavy atom. The van der Waals surface area contributed by atoms with Crippen LogP contribution in [0.2, 0.25) is 0 Å². The van der Waals surface area contributed by atoms with Crippen molar-refractivity contribution in [3.05, 3.63) is 52.4 Å². The van der Waals surface area contributed by atoms with Gasteiger partial charge in [0.05, 0.1) is 24.9 Å². The molecule has 0 aliphatic carbocycles. The number of thioether (sulfide) groups is 2. The molecule has 0 bridgehead atoms. The Bertz CT molecular complexity index is 1040. The molecule has 0 N–H and O–H groups in total. The number of likely N-dealkylation sites (N-methyl/N-ethyl adjacent to an activating group) is 1. The van der Waals surface area contributed by atoms with Gasteiger partial charge in [-0.15, -0.1) is 0 Å². The molecule has 1 fully saturated rings. The summed E-state index contributed by atoms with van der Waals surface area (Å²) >= 11 is 3.00. The summed E-state index contributed by atoms with van der Waals surface area (Å²) in [7, 11) is 5.24. The number of aliphatic imine (C=N–C) groups is 1. The van der Waals surface area contributed by atoms with Gasteiger partial charge >= 0.3 is 0 Å². The summed E-state index contributed by atoms with van der Waals surface area (Å²) in [5, 5.41) is 1.57. The van der Waals surface area contributed by atoms with Gasteiger partial charge < -0.3 is 14.4 Å². The molecular formula is C21H21N3O3S2. The predicted molar refractivity (Wildman–Crippen MR) is 119 cm³/mol. The van der Waals surface area contributed by atoms with Crippen LogP contribution in [-0.2, 0) is 4.79 Å². The molecule has 6 nitrogen and oxygen atoms in total. The topological polar surface area (TPSA) is 54.4 Å². The Morgan fingerprint density at radius 2 is 1.86 bits per heavy atom. The van der Waals surface area contributed by atoms with Crippen LogP contribution in [0.4, 0.5) is 11.4 Å². The lowest BCUT2D eigenvalue weighted by Gasteiger charge is -2.15. The second-order valence-electron chi connectivity index (χ2n) is 6.35. The van der Waals surface area contributed by atoms with E-state index in [2.05, 4.69) is 0 Å². The first-order valence-electron chi connectivity index (χ1n) is 9.12. The fourth-order valence-electron chi connectivity index (χ4n) is 3.18. The van der Waals surface area contributed by atoms with Crippen molar-refractivity contribution >= 4 is 46.0 Å². The summed E-state index contributed by atoms with van der Waals surface area (Å²) in [6.07, 6.45) is 0. The minimum atomic E-state index is -0.0275. The van der Waals surface area contributed by atoms with E-state index in [1.54, 1.807) is 30.9 Å². The zero-order valence-corrected chi connectivity index (χ0v) is 18.3. The highest BCUT2D eigenvalue weighted by atomic mass is 32.2. The van der Waals surface area contributed by atoms with E-state index in [0.29, 0.717) is 28.1 Å². The maximum atomic E-state index is 13.2. The molecule has 8 heteroatoms. The third-order valence-electron chi connectivity index (χ3n) is 4.71. The van der Waals surface area contributed by atoms with E-state index in [1.807, 2.05) is 61.3 Å². The first kappa shape index (κ1) is 19.7. The van der Waals surface area contributed by atoms with Crippen molar-refractivity contribution in [2.75, 3.05) is 32.7 Å². The molecule has 0 radical (unpaired) electrons. The van der Waals surface area contributed by atoms with E-state index >= 15 is 0 Å². The van der Waals surface area contributed by atoms with Crippen LogP contribution in [0.15, 0.2) is 62.3 Å². The molecule has 0 aromatic heterocycles. The minimum absolute atomic E-state index is 0.0275. The average Bonchev–Trinajstić information content (AvgIpc) is 3.24. The summed E-state index contributed by atoms with van der Waals surface area (Å²) in [6, 6.07) is 13.5. The third-order valence-corrected chi connectivity index (χ3v) is 7.15. The number of methoxy groups -OCH3 is 2. The summed E-state index contributed by atoms with van der Waals surface area (Å²) in [5.74, 6) is 1.44. The number of anilines is 1. The highest BCUT2D eigenvalue weighted by Gasteiger charge is 2.38. The van der Waals surface area contributed by atoms with Crippen LogP contribution in [0, 0.1) is 0 Å². The normalized spacial score (nSPS) is 19.9. The molecule has 0 saturated carbocycles. The number of benzene rings is 2. The standard InChI is InChI=1S/C21H21N3O3S2/c1-5-24-19(25)18(29-21(24)22-14-8-6-7-9-16(14)27-4)20-23(2)15-12-13(26-3)10-11-17(15)28-20/h6-12H,5H2,1-4H3/b20-18-,22-21?. The Morgan fingerprint density at radius 3 is 2.59 bits per heavy atom. The van der Waals surface area contributed by atoms with Crippen molar-refractivity contribution in [2.45, 2.75) is 11.8 Å². The van der Waals surface area contributed by atoms with Gasteiger partial charge in [-0.3, -0.25) is 9.69 Å². The van der Waals surface area contributed by atoms with E-state index < -0.39 is 0 Å². The molecule has 0 spiro atoms. The summed E-state index contributed by atoms with van der Waals surface area (Å²) < 4.78 is 10.7. The maximum Gasteiger partial charge on any atom is 0.269 e. The molecule has 0 unspecified atom stereocenters. The molecule has 1 saturated heterocycles. The summed E-state index contributed by atoms with van der Waals surface area (Å²) in [6.45, 7) is 2.50. The molecule has 2 aliphatic rings. The van der Waals surface area contributed by atoms with E-state index in [1.165, 1.54) is 11.8 Å². The third kappa shape index (κ3) is 3.47. The van der Waals surface area contributed by atoms with Crippen molar-refractivity contribution in [3.8, 4) is 11.5 Å². The number of para-hydroxylation sites is 2. The van der Waals surface area contributed by atoms with Crippen LogP contribution >= 0.6 is 23.5 Å². The smallest absolute Gasteiger partial charge is 0.269 e. The van der Waals surface area contributed by atoms with Gasteiger partial charge in [0.2, 0.25) is 0 Å². The first-order valence-corrected chi connectivity index (χ1v) is 10.8. The molecule has 2 aliphatic heterocycles. The van der Waals surface area contributed by atoms with E-state index in [0.717, 1.165) is 21.4 Å². The van der Waals surface area contributed by atoms with Gasteiger partial charge in [0.25, 0.3) is 5.91 Å². The second-order valence-corrected chi connectivity index (χ2v) is 8.35. The molecule has 2 aromatic rings. The van der Waals surface area contributed by atoms with Gasteiger partial charge in [0.1, 0.15) is 22.1 Å². The number of hydrogen-bond acceptors (Lipinski definition) is 7. The molecule has 0 atom stereocenters. The Kier molecular flexibility index (Phi) is 5.47. The number of amides is 1. The number of carbonyl (C=O) groups excluding carboxylic acids is 1. The number of nitrogens with zero attached hydrogens (tertiary/aromatic N) is 3. The van der Waals surface area contributed by atoms with E-state index in [9.17, 15) is 4.79 Å². The average molecular weight is 428 g/mol. The van der Waals surface area contributed by atoms with Crippen molar-refractivity contribution in [2.24, 2.45) is 4.99 Å². The van der Waals surface area contributed by atoms with Crippen LogP contribution < -0.4 is 14.4 Å². The van der Waals surface area contributed by atoms with Crippen LogP contribution in [0.5, 0.6) is 11.5 Å². The zero-order valence-electron chi connectivity index (χ0n) is 16.6. The van der Waals surface area contributed by atoms with Crippen LogP contribution in [-0.4, -0.2) is 43.8 Å². The maximum absolute atomic E-state index is 13.2.